The second-order valence-corrected chi connectivity index (χ2v) is 7.80. The van der Waals surface area contributed by atoms with Crippen molar-refractivity contribution >= 4 is 34.0 Å². The zero-order valence-corrected chi connectivity index (χ0v) is 17.3. The fraction of sp³-hybridized carbons (Fsp3) is 0.318. The van der Waals surface area contributed by atoms with E-state index in [-0.39, 0.29) is 23.5 Å². The highest BCUT2D eigenvalue weighted by atomic mass is 19.1. The van der Waals surface area contributed by atoms with Crippen LogP contribution >= 0.6 is 0 Å². The van der Waals surface area contributed by atoms with E-state index in [1.54, 1.807) is 30.5 Å². The van der Waals surface area contributed by atoms with E-state index >= 15 is 0 Å². The Morgan fingerprint density at radius 2 is 1.90 bits per heavy atom. The third-order valence-electron chi connectivity index (χ3n) is 4.87. The lowest BCUT2D eigenvalue weighted by Gasteiger charge is -2.27. The lowest BCUT2D eigenvalue weighted by Crippen LogP contribution is -2.39. The molecule has 7 nitrogen and oxygen atoms in total. The number of aromatic nitrogens is 2. The van der Waals surface area contributed by atoms with Gasteiger partial charge in [0.05, 0.1) is 27.8 Å². The van der Waals surface area contributed by atoms with Crippen molar-refractivity contribution in [2.75, 3.05) is 10.6 Å². The van der Waals surface area contributed by atoms with Crippen molar-refractivity contribution in [2.24, 2.45) is 17.4 Å². The third-order valence-corrected chi connectivity index (χ3v) is 4.87. The van der Waals surface area contributed by atoms with Crippen molar-refractivity contribution < 1.29 is 9.18 Å². The fourth-order valence-corrected chi connectivity index (χ4v) is 3.39. The molecule has 3 aromatic rings. The van der Waals surface area contributed by atoms with E-state index in [1.165, 1.54) is 12.3 Å². The Kier molecular flexibility index (Phi) is 6.47. The zero-order chi connectivity index (χ0) is 21.8. The van der Waals surface area contributed by atoms with Crippen LogP contribution in [-0.2, 0) is 0 Å². The Morgan fingerprint density at radius 3 is 2.57 bits per heavy atom. The molecule has 0 fully saturated rings. The molecule has 8 heteroatoms. The number of primary amides is 1. The number of hydrogen-bond donors (Lipinski definition) is 4. The molecule has 0 aliphatic heterocycles. The van der Waals surface area contributed by atoms with E-state index in [1.807, 2.05) is 6.92 Å². The monoisotopic (exact) mass is 410 g/mol. The van der Waals surface area contributed by atoms with E-state index in [9.17, 15) is 9.18 Å². The third kappa shape index (κ3) is 4.65. The van der Waals surface area contributed by atoms with Crippen molar-refractivity contribution in [1.29, 1.82) is 0 Å². The molecule has 0 aliphatic carbocycles. The van der Waals surface area contributed by atoms with E-state index < -0.39 is 11.7 Å². The molecule has 1 amide bonds. The topological polar surface area (TPSA) is 119 Å². The SMILES string of the molecule is CC(C)C[C@@H](Nc1c(Nc2ncccc2C(N)=O)ccc2nccc(F)c12)[C@H](C)N. The Labute approximate surface area is 175 Å². The summed E-state index contributed by atoms with van der Waals surface area (Å²) in [6.45, 7) is 6.12. The van der Waals surface area contributed by atoms with E-state index in [0.29, 0.717) is 28.2 Å². The highest BCUT2D eigenvalue weighted by Crippen LogP contribution is 2.35. The maximum Gasteiger partial charge on any atom is 0.252 e. The molecule has 0 saturated carbocycles. The van der Waals surface area contributed by atoms with Crippen LogP contribution in [0.15, 0.2) is 42.7 Å². The first-order valence-corrected chi connectivity index (χ1v) is 9.89. The Bertz CT molecular complexity index is 1050. The number of nitrogens with two attached hydrogens (primary N) is 2. The van der Waals surface area contributed by atoms with Crippen molar-refractivity contribution in [3.8, 4) is 0 Å². The van der Waals surface area contributed by atoms with Gasteiger partial charge in [0.2, 0.25) is 0 Å². The lowest BCUT2D eigenvalue weighted by atomic mass is 9.97. The minimum Gasteiger partial charge on any atom is -0.378 e. The number of pyridine rings is 2. The maximum atomic E-state index is 14.9. The molecule has 0 saturated heterocycles. The molecule has 0 aliphatic rings. The molecule has 6 N–H and O–H groups in total. The average molecular weight is 410 g/mol. The van der Waals surface area contributed by atoms with Gasteiger partial charge in [-0.05, 0) is 49.6 Å². The summed E-state index contributed by atoms with van der Waals surface area (Å²) < 4.78 is 14.9. The van der Waals surface area contributed by atoms with Crippen LogP contribution in [0.25, 0.3) is 10.9 Å². The molecule has 2 aromatic heterocycles. The second kappa shape index (κ2) is 9.04. The number of amides is 1. The van der Waals surface area contributed by atoms with Gasteiger partial charge in [0.25, 0.3) is 5.91 Å². The molecule has 0 spiro atoms. The minimum atomic E-state index is -0.609. The van der Waals surface area contributed by atoms with Crippen molar-refractivity contribution in [3.05, 3.63) is 54.1 Å². The lowest BCUT2D eigenvalue weighted by molar-refractivity contribution is 0.100. The van der Waals surface area contributed by atoms with Gasteiger partial charge in [-0.1, -0.05) is 13.8 Å². The predicted molar refractivity (Wildman–Crippen MR) is 118 cm³/mol. The summed E-state index contributed by atoms with van der Waals surface area (Å²) >= 11 is 0. The average Bonchev–Trinajstić information content (AvgIpc) is 2.69. The van der Waals surface area contributed by atoms with Gasteiger partial charge in [-0.3, -0.25) is 9.78 Å². The number of rotatable bonds is 8. The minimum absolute atomic E-state index is 0.102. The van der Waals surface area contributed by atoms with Gasteiger partial charge in [0, 0.05) is 24.5 Å². The standard InChI is InChI=1S/C22H27FN6O/c1-12(2)11-18(13(3)24)28-20-17(7-6-16-19(20)15(23)8-10-26-16)29-22-14(21(25)30)5-4-9-27-22/h4-10,12-13,18,28H,11,24H2,1-3H3,(H2,25,30)(H,27,29)/t13-,18+/m0/s1. The zero-order valence-electron chi connectivity index (χ0n) is 17.3. The number of fused-ring (bicyclic) bond motifs is 1. The van der Waals surface area contributed by atoms with Gasteiger partial charge in [-0.15, -0.1) is 0 Å². The fourth-order valence-electron chi connectivity index (χ4n) is 3.39. The number of carbonyl (C=O) groups excluding carboxylic acids is 1. The Hall–Kier alpha value is -3.26. The normalized spacial score (nSPS) is 13.3. The van der Waals surface area contributed by atoms with Crippen LogP contribution in [0.3, 0.4) is 0 Å². The summed E-state index contributed by atoms with van der Waals surface area (Å²) in [4.78, 5) is 20.3. The predicted octanol–water partition coefficient (Wildman–Crippen LogP) is 3.79. The molecule has 0 unspecified atom stereocenters. The van der Waals surface area contributed by atoms with Crippen LogP contribution in [0.5, 0.6) is 0 Å². The summed E-state index contributed by atoms with van der Waals surface area (Å²) in [5.74, 6) is -0.338. The molecule has 2 atom stereocenters. The van der Waals surface area contributed by atoms with Crippen molar-refractivity contribution in [3.63, 3.8) is 0 Å². The summed E-state index contributed by atoms with van der Waals surface area (Å²) in [6.07, 6.45) is 3.77. The van der Waals surface area contributed by atoms with Crippen LogP contribution in [0.1, 0.15) is 37.6 Å². The second-order valence-electron chi connectivity index (χ2n) is 7.80. The van der Waals surface area contributed by atoms with E-state index in [0.717, 1.165) is 6.42 Å². The van der Waals surface area contributed by atoms with Crippen molar-refractivity contribution in [1.82, 2.24) is 9.97 Å². The summed E-state index contributed by atoms with van der Waals surface area (Å²) in [5, 5.41) is 6.89. The molecule has 158 valence electrons. The van der Waals surface area contributed by atoms with Crippen LogP contribution in [0.4, 0.5) is 21.6 Å². The van der Waals surface area contributed by atoms with E-state index in [2.05, 4.69) is 34.4 Å². The van der Waals surface area contributed by atoms with Crippen LogP contribution < -0.4 is 22.1 Å². The van der Waals surface area contributed by atoms with Crippen molar-refractivity contribution in [2.45, 2.75) is 39.3 Å². The van der Waals surface area contributed by atoms with Gasteiger partial charge in [0.15, 0.2) is 0 Å². The maximum absolute atomic E-state index is 14.9. The molecule has 1 aromatic carbocycles. The quantitative estimate of drug-likeness (QED) is 0.449. The van der Waals surface area contributed by atoms with Gasteiger partial charge >= 0.3 is 0 Å². The summed E-state index contributed by atoms with van der Waals surface area (Å²) in [5.41, 5.74) is 13.5. The van der Waals surface area contributed by atoms with Gasteiger partial charge in [0.1, 0.15) is 11.6 Å². The number of benzene rings is 1. The van der Waals surface area contributed by atoms with Crippen LogP contribution in [0, 0.1) is 11.7 Å². The van der Waals surface area contributed by atoms with Crippen LogP contribution in [0.2, 0.25) is 0 Å². The molecule has 3 rings (SSSR count). The van der Waals surface area contributed by atoms with Gasteiger partial charge in [-0.2, -0.15) is 0 Å². The molecule has 0 bridgehead atoms. The molecule has 0 radical (unpaired) electrons. The van der Waals surface area contributed by atoms with Crippen LogP contribution in [-0.4, -0.2) is 28.0 Å². The largest absolute Gasteiger partial charge is 0.378 e. The number of carbonyl (C=O) groups is 1. The Balaban J connectivity index is 2.14. The number of anilines is 3. The summed E-state index contributed by atoms with van der Waals surface area (Å²) in [6, 6.07) is 7.73. The first kappa shape index (κ1) is 21.4. The number of nitrogens with zero attached hydrogens (tertiary/aromatic N) is 2. The molecule has 30 heavy (non-hydrogen) atoms. The Morgan fingerprint density at radius 1 is 1.13 bits per heavy atom. The smallest absolute Gasteiger partial charge is 0.252 e. The van der Waals surface area contributed by atoms with E-state index in [4.69, 9.17) is 11.5 Å². The molecular weight excluding hydrogens is 383 g/mol. The number of halogens is 1. The highest BCUT2D eigenvalue weighted by molar-refractivity contribution is 6.02. The highest BCUT2D eigenvalue weighted by Gasteiger charge is 2.21. The summed E-state index contributed by atoms with van der Waals surface area (Å²) in [7, 11) is 0. The number of nitrogens with one attached hydrogen (secondary N) is 2. The first-order valence-electron chi connectivity index (χ1n) is 9.89. The van der Waals surface area contributed by atoms with Gasteiger partial charge < -0.3 is 22.1 Å². The molecular formula is C22H27FN6O. The number of hydrogen-bond acceptors (Lipinski definition) is 6. The first-order chi connectivity index (χ1) is 14.3. The molecule has 2 heterocycles. The van der Waals surface area contributed by atoms with Gasteiger partial charge in [-0.25, -0.2) is 9.37 Å².